The van der Waals surface area contributed by atoms with Crippen molar-refractivity contribution in [2.75, 3.05) is 6.61 Å². The summed E-state index contributed by atoms with van der Waals surface area (Å²) in [6.45, 7) is -0.512. The van der Waals surface area contributed by atoms with Gasteiger partial charge in [0.15, 0.2) is 0 Å². The second kappa shape index (κ2) is 8.40. The molecule has 0 aromatic heterocycles. The average Bonchev–Trinajstić information content (AvgIpc) is 2.60. The molecule has 2 rings (SSSR count). The third-order valence-corrected chi connectivity index (χ3v) is 3.98. The van der Waals surface area contributed by atoms with Crippen LogP contribution in [0.4, 0.5) is 0 Å². The molecule has 8 nitrogen and oxygen atoms in total. The summed E-state index contributed by atoms with van der Waals surface area (Å²) in [6, 6.07) is 5.74. The maximum Gasteiger partial charge on any atom is 0.320 e. The zero-order valence-corrected chi connectivity index (χ0v) is 13.3. The number of carboxylic acid groups (broad SMARTS) is 1. The van der Waals surface area contributed by atoms with Crippen molar-refractivity contribution in [1.29, 1.82) is 0 Å². The van der Waals surface area contributed by atoms with E-state index in [2.05, 4.69) is 11.8 Å². The molecule has 1 aliphatic heterocycles. The predicted octanol–water partition coefficient (Wildman–Crippen LogP) is -2.17. The second-order valence-electron chi connectivity index (χ2n) is 5.86. The first-order chi connectivity index (χ1) is 11.8. The van der Waals surface area contributed by atoms with E-state index in [4.69, 9.17) is 20.7 Å². The van der Waals surface area contributed by atoms with E-state index in [1.165, 1.54) is 0 Å². The summed E-state index contributed by atoms with van der Waals surface area (Å²) in [4.78, 5) is 10.7. The normalized spacial score (nSPS) is 30.2. The highest BCUT2D eigenvalue weighted by atomic mass is 16.5. The van der Waals surface area contributed by atoms with Gasteiger partial charge in [0.25, 0.3) is 0 Å². The SMILES string of the molecule is N[C@@H](Cc1ccc(C#C[C@@H]2O[C@H](CO)[C@H](O)[C@H](O)[C@H]2O)cc1)C(=O)O. The van der Waals surface area contributed by atoms with E-state index in [1.807, 2.05) is 0 Å². The number of aliphatic carboxylic acids is 1. The van der Waals surface area contributed by atoms with Crippen LogP contribution in [0.25, 0.3) is 0 Å². The fourth-order valence-corrected chi connectivity index (χ4v) is 2.44. The van der Waals surface area contributed by atoms with Gasteiger partial charge in [-0.1, -0.05) is 24.0 Å². The van der Waals surface area contributed by atoms with E-state index in [0.29, 0.717) is 5.56 Å². The Labute approximate surface area is 144 Å². The molecule has 0 radical (unpaired) electrons. The summed E-state index contributed by atoms with van der Waals surface area (Å²) in [5, 5.41) is 47.2. The Balaban J connectivity index is 2.06. The topological polar surface area (TPSA) is 153 Å². The van der Waals surface area contributed by atoms with Crippen LogP contribution in [0.5, 0.6) is 0 Å². The minimum Gasteiger partial charge on any atom is -0.480 e. The molecule has 1 aromatic carbocycles. The fourth-order valence-electron chi connectivity index (χ4n) is 2.44. The first-order valence-electron chi connectivity index (χ1n) is 7.73. The summed E-state index contributed by atoms with van der Waals surface area (Å²) >= 11 is 0. The lowest BCUT2D eigenvalue weighted by atomic mass is 9.95. The third-order valence-electron chi connectivity index (χ3n) is 3.98. The zero-order chi connectivity index (χ0) is 18.6. The van der Waals surface area contributed by atoms with Gasteiger partial charge in [0.05, 0.1) is 6.61 Å². The molecule has 136 valence electrons. The van der Waals surface area contributed by atoms with Gasteiger partial charge in [0.1, 0.15) is 36.6 Å². The van der Waals surface area contributed by atoms with Crippen LogP contribution in [0.2, 0.25) is 0 Å². The van der Waals surface area contributed by atoms with Gasteiger partial charge in [-0.3, -0.25) is 4.79 Å². The molecule has 0 spiro atoms. The Morgan fingerprint density at radius 3 is 2.36 bits per heavy atom. The van der Waals surface area contributed by atoms with Gasteiger partial charge in [-0.2, -0.15) is 0 Å². The maximum atomic E-state index is 10.7. The standard InChI is InChI=1S/C17H21NO7/c18-11(17(23)24)7-10-3-1-9(2-4-10)5-6-12-14(20)16(22)15(21)13(8-19)25-12/h1-4,11-16,19-22H,7-8,18H2,(H,23,24)/t11-,12-,13+,14-,15-,16+/m0/s1. The van der Waals surface area contributed by atoms with Gasteiger partial charge in [-0.25, -0.2) is 0 Å². The molecule has 0 aliphatic carbocycles. The van der Waals surface area contributed by atoms with Gasteiger partial charge < -0.3 is 36.0 Å². The zero-order valence-electron chi connectivity index (χ0n) is 13.3. The number of carboxylic acids is 1. The minimum atomic E-state index is -1.47. The van der Waals surface area contributed by atoms with Crippen LogP contribution in [0.3, 0.4) is 0 Å². The van der Waals surface area contributed by atoms with Gasteiger partial charge in [-0.15, -0.1) is 0 Å². The Kier molecular flexibility index (Phi) is 6.50. The maximum absolute atomic E-state index is 10.7. The van der Waals surface area contributed by atoms with Gasteiger partial charge >= 0.3 is 5.97 Å². The highest BCUT2D eigenvalue weighted by Crippen LogP contribution is 2.20. The molecule has 1 heterocycles. The van der Waals surface area contributed by atoms with Crippen molar-refractivity contribution in [2.24, 2.45) is 5.73 Å². The number of hydrogen-bond acceptors (Lipinski definition) is 7. The summed E-state index contributed by atoms with van der Waals surface area (Å²) in [5.41, 5.74) is 6.80. The molecule has 1 saturated heterocycles. The minimum absolute atomic E-state index is 0.190. The highest BCUT2D eigenvalue weighted by molar-refractivity contribution is 5.73. The van der Waals surface area contributed by atoms with Crippen LogP contribution < -0.4 is 5.73 Å². The molecule has 0 unspecified atom stereocenters. The lowest BCUT2D eigenvalue weighted by molar-refractivity contribution is -0.214. The predicted molar refractivity (Wildman–Crippen MR) is 86.4 cm³/mol. The van der Waals surface area contributed by atoms with E-state index in [1.54, 1.807) is 24.3 Å². The molecule has 1 aliphatic rings. The van der Waals surface area contributed by atoms with Gasteiger partial charge in [-0.05, 0) is 24.1 Å². The fraction of sp³-hybridized carbons (Fsp3) is 0.471. The number of hydrogen-bond donors (Lipinski definition) is 6. The molecule has 0 saturated carbocycles. The van der Waals surface area contributed by atoms with Crippen LogP contribution in [0, 0.1) is 11.8 Å². The molecule has 1 fully saturated rings. The average molecular weight is 351 g/mol. The molecule has 6 atom stereocenters. The first kappa shape index (κ1) is 19.3. The van der Waals surface area contributed by atoms with Crippen molar-refractivity contribution in [3.63, 3.8) is 0 Å². The van der Waals surface area contributed by atoms with Crippen LogP contribution >= 0.6 is 0 Å². The van der Waals surface area contributed by atoms with E-state index >= 15 is 0 Å². The number of carbonyl (C=O) groups is 1. The van der Waals surface area contributed by atoms with Crippen molar-refractivity contribution in [1.82, 2.24) is 0 Å². The van der Waals surface area contributed by atoms with E-state index < -0.39 is 49.1 Å². The Bertz CT molecular complexity index is 649. The number of aliphatic hydroxyl groups excluding tert-OH is 4. The molecule has 1 aromatic rings. The van der Waals surface area contributed by atoms with E-state index in [9.17, 15) is 20.1 Å². The summed E-state index contributed by atoms with van der Waals surface area (Å²) in [5.74, 6) is 4.35. The Hall–Kier alpha value is -1.99. The largest absolute Gasteiger partial charge is 0.480 e. The summed E-state index contributed by atoms with van der Waals surface area (Å²) < 4.78 is 5.29. The van der Waals surface area contributed by atoms with Crippen molar-refractivity contribution in [2.45, 2.75) is 43.0 Å². The second-order valence-corrected chi connectivity index (χ2v) is 5.86. The Morgan fingerprint density at radius 2 is 1.80 bits per heavy atom. The molecule has 0 bridgehead atoms. The monoisotopic (exact) mass is 351 g/mol. The molecule has 7 N–H and O–H groups in total. The van der Waals surface area contributed by atoms with Crippen molar-refractivity contribution < 1.29 is 35.1 Å². The van der Waals surface area contributed by atoms with Crippen molar-refractivity contribution in [3.8, 4) is 11.8 Å². The first-order valence-corrected chi connectivity index (χ1v) is 7.73. The van der Waals surface area contributed by atoms with Crippen molar-refractivity contribution in [3.05, 3.63) is 35.4 Å². The van der Waals surface area contributed by atoms with Gasteiger partial charge in [0, 0.05) is 5.56 Å². The summed E-state index contributed by atoms with van der Waals surface area (Å²) in [6.07, 6.45) is -6.16. The number of benzene rings is 1. The highest BCUT2D eigenvalue weighted by Gasteiger charge is 2.42. The Morgan fingerprint density at radius 1 is 1.16 bits per heavy atom. The summed E-state index contributed by atoms with van der Waals surface area (Å²) in [7, 11) is 0. The van der Waals surface area contributed by atoms with Crippen LogP contribution in [0.1, 0.15) is 11.1 Å². The number of ether oxygens (including phenoxy) is 1. The molecule has 25 heavy (non-hydrogen) atoms. The molecular weight excluding hydrogens is 330 g/mol. The van der Waals surface area contributed by atoms with Crippen LogP contribution in [-0.2, 0) is 16.0 Å². The van der Waals surface area contributed by atoms with Crippen LogP contribution in [-0.4, -0.2) is 74.7 Å². The number of rotatable bonds is 4. The van der Waals surface area contributed by atoms with Crippen LogP contribution in [0.15, 0.2) is 24.3 Å². The molecule has 8 heteroatoms. The van der Waals surface area contributed by atoms with Crippen molar-refractivity contribution >= 4 is 5.97 Å². The van der Waals surface area contributed by atoms with E-state index in [-0.39, 0.29) is 6.42 Å². The smallest absolute Gasteiger partial charge is 0.320 e. The lowest BCUT2D eigenvalue weighted by Crippen LogP contribution is -2.58. The van der Waals surface area contributed by atoms with E-state index in [0.717, 1.165) is 5.56 Å². The quantitative estimate of drug-likeness (QED) is 0.335. The number of nitrogens with two attached hydrogens (primary N) is 1. The van der Waals surface area contributed by atoms with Gasteiger partial charge in [0.2, 0.25) is 0 Å². The molecular formula is C17H21NO7. The lowest BCUT2D eigenvalue weighted by Gasteiger charge is -2.37. The third kappa shape index (κ3) is 4.76. The molecule has 0 amide bonds. The number of aliphatic hydroxyl groups is 4.